The SMILES string of the molecule is OCC1(NCc2ncn(-c3ccccc3)n2)CCc2ccccc21. The van der Waals surface area contributed by atoms with Gasteiger partial charge in [0.15, 0.2) is 5.82 Å². The van der Waals surface area contributed by atoms with Crippen molar-refractivity contribution < 1.29 is 5.11 Å². The van der Waals surface area contributed by atoms with Crippen molar-refractivity contribution in [2.24, 2.45) is 0 Å². The Hall–Kier alpha value is -2.50. The summed E-state index contributed by atoms with van der Waals surface area (Å²) in [6.45, 7) is 0.595. The van der Waals surface area contributed by atoms with Gasteiger partial charge in [0.1, 0.15) is 6.33 Å². The summed E-state index contributed by atoms with van der Waals surface area (Å²) in [7, 11) is 0. The van der Waals surface area contributed by atoms with Crippen LogP contribution in [0.15, 0.2) is 60.9 Å². The molecule has 1 heterocycles. The van der Waals surface area contributed by atoms with Gasteiger partial charge < -0.3 is 5.11 Å². The van der Waals surface area contributed by atoms with E-state index in [1.54, 1.807) is 11.0 Å². The van der Waals surface area contributed by atoms with Gasteiger partial charge in [0, 0.05) is 0 Å². The van der Waals surface area contributed by atoms with E-state index in [0.717, 1.165) is 24.4 Å². The molecule has 0 amide bonds. The number of rotatable bonds is 5. The summed E-state index contributed by atoms with van der Waals surface area (Å²) in [5.41, 5.74) is 3.09. The standard InChI is InChI=1S/C19H20N4O/c24-13-19(11-10-15-6-4-5-9-17(15)19)21-12-18-20-14-23(22-18)16-7-2-1-3-8-16/h1-9,14,21,24H,10-13H2. The zero-order chi connectivity index (χ0) is 16.4. The summed E-state index contributed by atoms with van der Waals surface area (Å²) in [6, 6.07) is 18.2. The van der Waals surface area contributed by atoms with Gasteiger partial charge in [-0.1, -0.05) is 42.5 Å². The highest BCUT2D eigenvalue weighted by atomic mass is 16.3. The van der Waals surface area contributed by atoms with Crippen molar-refractivity contribution >= 4 is 0 Å². The molecule has 1 aromatic heterocycles. The van der Waals surface area contributed by atoms with E-state index >= 15 is 0 Å². The second-order valence-corrected chi connectivity index (χ2v) is 6.19. The lowest BCUT2D eigenvalue weighted by atomic mass is 9.92. The largest absolute Gasteiger partial charge is 0.394 e. The smallest absolute Gasteiger partial charge is 0.164 e. The van der Waals surface area contributed by atoms with Gasteiger partial charge in [-0.2, -0.15) is 0 Å². The summed E-state index contributed by atoms with van der Waals surface area (Å²) in [4.78, 5) is 4.38. The Morgan fingerprint density at radius 3 is 2.71 bits per heavy atom. The molecule has 3 aromatic rings. The number of benzene rings is 2. The number of aromatic nitrogens is 3. The molecule has 0 bridgehead atoms. The molecule has 5 nitrogen and oxygen atoms in total. The number of hydrogen-bond acceptors (Lipinski definition) is 4. The van der Waals surface area contributed by atoms with E-state index in [2.05, 4.69) is 33.6 Å². The average molecular weight is 320 g/mol. The van der Waals surface area contributed by atoms with Crippen LogP contribution in [-0.4, -0.2) is 26.5 Å². The molecule has 0 aliphatic heterocycles. The molecular formula is C19H20N4O. The number of fused-ring (bicyclic) bond motifs is 1. The van der Waals surface area contributed by atoms with E-state index in [1.807, 2.05) is 36.4 Å². The summed E-state index contributed by atoms with van der Waals surface area (Å²) in [6.07, 6.45) is 3.60. The molecule has 4 rings (SSSR count). The molecule has 1 unspecified atom stereocenters. The lowest BCUT2D eigenvalue weighted by molar-refractivity contribution is 0.158. The van der Waals surface area contributed by atoms with Crippen LogP contribution < -0.4 is 5.32 Å². The van der Waals surface area contributed by atoms with E-state index in [4.69, 9.17) is 0 Å². The van der Waals surface area contributed by atoms with Crippen LogP contribution >= 0.6 is 0 Å². The number of aryl methyl sites for hydroxylation is 1. The van der Waals surface area contributed by atoms with Crippen LogP contribution in [0.2, 0.25) is 0 Å². The summed E-state index contributed by atoms with van der Waals surface area (Å²) in [5.74, 6) is 0.719. The Kier molecular flexibility index (Phi) is 3.88. The van der Waals surface area contributed by atoms with E-state index in [-0.39, 0.29) is 6.61 Å². The highest BCUT2D eigenvalue weighted by molar-refractivity contribution is 5.39. The Morgan fingerprint density at radius 2 is 1.88 bits per heavy atom. The van der Waals surface area contributed by atoms with Crippen molar-refractivity contribution in [3.8, 4) is 5.69 Å². The molecule has 122 valence electrons. The van der Waals surface area contributed by atoms with Crippen LogP contribution in [0.4, 0.5) is 0 Å². The summed E-state index contributed by atoms with van der Waals surface area (Å²) in [5, 5.41) is 18.0. The zero-order valence-corrected chi connectivity index (χ0v) is 13.4. The van der Waals surface area contributed by atoms with Gasteiger partial charge in [-0.3, -0.25) is 5.32 Å². The predicted octanol–water partition coefficient (Wildman–Crippen LogP) is 2.19. The number of nitrogens with one attached hydrogen (secondary N) is 1. The quantitative estimate of drug-likeness (QED) is 0.756. The van der Waals surface area contributed by atoms with Crippen LogP contribution in [0, 0.1) is 0 Å². The van der Waals surface area contributed by atoms with E-state index in [0.29, 0.717) is 6.54 Å². The van der Waals surface area contributed by atoms with Crippen molar-refractivity contribution in [2.45, 2.75) is 24.9 Å². The maximum absolute atomic E-state index is 10.0. The molecule has 1 atom stereocenters. The number of nitrogens with zero attached hydrogens (tertiary/aromatic N) is 3. The molecule has 0 radical (unpaired) electrons. The summed E-state index contributed by atoms with van der Waals surface area (Å²) < 4.78 is 1.77. The predicted molar refractivity (Wildman–Crippen MR) is 91.7 cm³/mol. The molecule has 0 saturated heterocycles. The van der Waals surface area contributed by atoms with E-state index in [9.17, 15) is 5.11 Å². The van der Waals surface area contributed by atoms with Crippen molar-refractivity contribution in [1.29, 1.82) is 0 Å². The van der Waals surface area contributed by atoms with Gasteiger partial charge in [-0.25, -0.2) is 9.67 Å². The maximum atomic E-state index is 10.0. The first-order valence-corrected chi connectivity index (χ1v) is 8.21. The van der Waals surface area contributed by atoms with Gasteiger partial charge in [-0.15, -0.1) is 5.10 Å². The van der Waals surface area contributed by atoms with Crippen LogP contribution in [0.25, 0.3) is 5.69 Å². The molecule has 1 aliphatic carbocycles. The molecule has 2 N–H and O–H groups in total. The van der Waals surface area contributed by atoms with Gasteiger partial charge in [0.2, 0.25) is 0 Å². The Bertz CT molecular complexity index is 830. The van der Waals surface area contributed by atoms with Crippen molar-refractivity contribution in [3.63, 3.8) is 0 Å². The third-order valence-electron chi connectivity index (χ3n) is 4.77. The number of aliphatic hydroxyl groups excluding tert-OH is 1. The third-order valence-corrected chi connectivity index (χ3v) is 4.77. The first-order valence-electron chi connectivity index (χ1n) is 8.21. The molecule has 1 aliphatic rings. The minimum Gasteiger partial charge on any atom is -0.394 e. The second-order valence-electron chi connectivity index (χ2n) is 6.19. The first-order chi connectivity index (χ1) is 11.8. The number of para-hydroxylation sites is 1. The Balaban J connectivity index is 1.52. The lowest BCUT2D eigenvalue weighted by Gasteiger charge is -2.29. The van der Waals surface area contributed by atoms with Crippen LogP contribution in [0.5, 0.6) is 0 Å². The Labute approximate surface area is 141 Å². The monoisotopic (exact) mass is 320 g/mol. The van der Waals surface area contributed by atoms with Gasteiger partial charge in [0.05, 0.1) is 24.4 Å². The number of hydrogen-bond donors (Lipinski definition) is 2. The molecule has 0 spiro atoms. The molecule has 2 aromatic carbocycles. The topological polar surface area (TPSA) is 63.0 Å². The van der Waals surface area contributed by atoms with Crippen LogP contribution in [-0.2, 0) is 18.5 Å². The highest BCUT2D eigenvalue weighted by Crippen LogP contribution is 2.36. The van der Waals surface area contributed by atoms with Gasteiger partial charge >= 0.3 is 0 Å². The molecular weight excluding hydrogens is 300 g/mol. The summed E-state index contributed by atoms with van der Waals surface area (Å²) >= 11 is 0. The molecule has 24 heavy (non-hydrogen) atoms. The highest BCUT2D eigenvalue weighted by Gasteiger charge is 2.37. The van der Waals surface area contributed by atoms with Gasteiger partial charge in [-0.05, 0) is 36.1 Å². The minimum atomic E-state index is -0.394. The van der Waals surface area contributed by atoms with Crippen LogP contribution in [0.1, 0.15) is 23.4 Å². The molecule has 5 heteroatoms. The zero-order valence-electron chi connectivity index (χ0n) is 13.4. The van der Waals surface area contributed by atoms with Gasteiger partial charge in [0.25, 0.3) is 0 Å². The van der Waals surface area contributed by atoms with Crippen LogP contribution in [0.3, 0.4) is 0 Å². The van der Waals surface area contributed by atoms with Crippen molar-refractivity contribution in [1.82, 2.24) is 20.1 Å². The molecule has 0 saturated carbocycles. The minimum absolute atomic E-state index is 0.0728. The van der Waals surface area contributed by atoms with E-state index < -0.39 is 5.54 Å². The Morgan fingerprint density at radius 1 is 1.08 bits per heavy atom. The lowest BCUT2D eigenvalue weighted by Crippen LogP contribution is -2.43. The first kappa shape index (κ1) is 15.1. The maximum Gasteiger partial charge on any atom is 0.164 e. The third kappa shape index (κ3) is 2.62. The fourth-order valence-electron chi connectivity index (χ4n) is 3.42. The fraction of sp³-hybridized carbons (Fsp3) is 0.263. The average Bonchev–Trinajstić information content (AvgIpc) is 3.26. The fourth-order valence-corrected chi connectivity index (χ4v) is 3.42. The number of aliphatic hydroxyl groups is 1. The van der Waals surface area contributed by atoms with Crippen molar-refractivity contribution in [3.05, 3.63) is 77.9 Å². The van der Waals surface area contributed by atoms with E-state index in [1.165, 1.54) is 11.1 Å². The van der Waals surface area contributed by atoms with Crippen molar-refractivity contribution in [2.75, 3.05) is 6.61 Å². The molecule has 0 fully saturated rings. The second kappa shape index (κ2) is 6.19. The normalized spacial score (nSPS) is 19.4.